The molecule has 0 aliphatic heterocycles. The summed E-state index contributed by atoms with van der Waals surface area (Å²) in [5.74, 6) is -2.63. The van der Waals surface area contributed by atoms with Crippen molar-refractivity contribution < 1.29 is 18.3 Å². The molecule has 1 saturated carbocycles. The van der Waals surface area contributed by atoms with E-state index in [0.717, 1.165) is 30.9 Å². The highest BCUT2D eigenvalue weighted by Crippen LogP contribution is 2.37. The van der Waals surface area contributed by atoms with Gasteiger partial charge in [0.05, 0.1) is 11.1 Å². The Morgan fingerprint density at radius 3 is 2.33 bits per heavy atom. The van der Waals surface area contributed by atoms with Crippen molar-refractivity contribution in [1.82, 2.24) is 0 Å². The van der Waals surface area contributed by atoms with E-state index in [0.29, 0.717) is 5.92 Å². The van der Waals surface area contributed by atoms with Crippen LogP contribution in [0.25, 0.3) is 0 Å². The first-order valence-electron chi connectivity index (χ1n) is 9.23. The number of esters is 1. The van der Waals surface area contributed by atoms with Gasteiger partial charge in [-0.15, -0.1) is 0 Å². The first-order chi connectivity index (χ1) is 13.0. The number of carbonyl (C=O) groups excluding carboxylic acids is 1. The third-order valence-electron chi connectivity index (χ3n) is 5.41. The predicted molar refractivity (Wildman–Crippen MR) is 97.5 cm³/mol. The van der Waals surface area contributed by atoms with E-state index < -0.39 is 28.9 Å². The van der Waals surface area contributed by atoms with Gasteiger partial charge >= 0.3 is 5.97 Å². The van der Waals surface area contributed by atoms with Crippen LogP contribution in [0.4, 0.5) is 8.78 Å². The molecular weight excluding hydrogens is 348 g/mol. The standard InChI is InChI=1S/C22H21F2NO2/c1-2-14-3-5-15(6-4-14)16-7-9-17(10-8-16)22(26)27-19-12-11-18(13-25)20(23)21(19)24/h7-12,14-15H,2-6H2,1H3/t14-,15-. The molecule has 1 aliphatic rings. The number of benzene rings is 2. The van der Waals surface area contributed by atoms with Crippen molar-refractivity contribution in [3.8, 4) is 11.8 Å². The van der Waals surface area contributed by atoms with E-state index in [9.17, 15) is 13.6 Å². The molecule has 3 nitrogen and oxygen atoms in total. The summed E-state index contributed by atoms with van der Waals surface area (Å²) >= 11 is 0. The Morgan fingerprint density at radius 1 is 1.07 bits per heavy atom. The molecule has 27 heavy (non-hydrogen) atoms. The lowest BCUT2D eigenvalue weighted by Gasteiger charge is -2.28. The van der Waals surface area contributed by atoms with Gasteiger partial charge in [0.2, 0.25) is 5.82 Å². The molecule has 2 aromatic rings. The van der Waals surface area contributed by atoms with Gasteiger partial charge in [-0.3, -0.25) is 0 Å². The second kappa shape index (κ2) is 8.30. The normalized spacial score (nSPS) is 19.3. The van der Waals surface area contributed by atoms with Crippen molar-refractivity contribution in [2.75, 3.05) is 0 Å². The average molecular weight is 369 g/mol. The minimum Gasteiger partial charge on any atom is -0.420 e. The maximum atomic E-state index is 13.9. The van der Waals surface area contributed by atoms with Crippen molar-refractivity contribution in [2.24, 2.45) is 5.92 Å². The molecule has 0 radical (unpaired) electrons. The summed E-state index contributed by atoms with van der Waals surface area (Å²) in [6.07, 6.45) is 5.99. The van der Waals surface area contributed by atoms with Gasteiger partial charge in [0.15, 0.2) is 11.6 Å². The molecule has 140 valence electrons. The number of halogens is 2. The zero-order chi connectivity index (χ0) is 19.4. The topological polar surface area (TPSA) is 50.1 Å². The molecule has 0 amide bonds. The van der Waals surface area contributed by atoms with Crippen molar-refractivity contribution in [3.05, 3.63) is 64.7 Å². The van der Waals surface area contributed by atoms with Crippen LogP contribution in [0.2, 0.25) is 0 Å². The smallest absolute Gasteiger partial charge is 0.343 e. The Morgan fingerprint density at radius 2 is 1.74 bits per heavy atom. The molecule has 0 heterocycles. The Labute approximate surface area is 157 Å². The third kappa shape index (κ3) is 4.16. The van der Waals surface area contributed by atoms with Crippen LogP contribution < -0.4 is 4.74 Å². The number of ether oxygens (including phenoxy) is 1. The molecule has 0 unspecified atom stereocenters. The van der Waals surface area contributed by atoms with Crippen LogP contribution in [-0.2, 0) is 0 Å². The highest BCUT2D eigenvalue weighted by Gasteiger charge is 2.22. The number of carbonyl (C=O) groups is 1. The van der Waals surface area contributed by atoms with Crippen LogP contribution in [0.15, 0.2) is 36.4 Å². The number of hydrogen-bond donors (Lipinski definition) is 0. The molecule has 0 bridgehead atoms. The van der Waals surface area contributed by atoms with Gasteiger partial charge < -0.3 is 4.74 Å². The van der Waals surface area contributed by atoms with Gasteiger partial charge in [-0.05, 0) is 67.3 Å². The van der Waals surface area contributed by atoms with Crippen LogP contribution in [0.3, 0.4) is 0 Å². The molecule has 5 heteroatoms. The number of nitrogens with zero attached hydrogens (tertiary/aromatic N) is 1. The first kappa shape index (κ1) is 19.0. The molecule has 0 aromatic heterocycles. The van der Waals surface area contributed by atoms with Crippen molar-refractivity contribution >= 4 is 5.97 Å². The molecule has 0 spiro atoms. The van der Waals surface area contributed by atoms with Crippen LogP contribution in [0.5, 0.6) is 5.75 Å². The highest BCUT2D eigenvalue weighted by molar-refractivity contribution is 5.91. The van der Waals surface area contributed by atoms with Crippen molar-refractivity contribution in [3.63, 3.8) is 0 Å². The summed E-state index contributed by atoms with van der Waals surface area (Å²) in [6, 6.07) is 10.8. The minimum absolute atomic E-state index is 0.269. The van der Waals surface area contributed by atoms with Gasteiger partial charge in [0.1, 0.15) is 6.07 Å². The summed E-state index contributed by atoms with van der Waals surface area (Å²) in [5, 5.41) is 8.69. The van der Waals surface area contributed by atoms with Crippen LogP contribution in [-0.4, -0.2) is 5.97 Å². The Balaban J connectivity index is 1.68. The third-order valence-corrected chi connectivity index (χ3v) is 5.41. The molecular formula is C22H21F2NO2. The second-order valence-electron chi connectivity index (χ2n) is 6.99. The highest BCUT2D eigenvalue weighted by atomic mass is 19.2. The largest absolute Gasteiger partial charge is 0.420 e. The quantitative estimate of drug-likeness (QED) is 0.510. The molecule has 0 saturated heterocycles. The summed E-state index contributed by atoms with van der Waals surface area (Å²) in [7, 11) is 0. The number of nitriles is 1. The molecule has 1 aliphatic carbocycles. The van der Waals surface area contributed by atoms with Gasteiger partial charge in [-0.1, -0.05) is 25.5 Å². The summed E-state index contributed by atoms with van der Waals surface area (Å²) in [6.45, 7) is 2.23. The molecule has 3 rings (SSSR count). The Kier molecular flexibility index (Phi) is 5.85. The molecule has 1 fully saturated rings. The summed E-state index contributed by atoms with van der Waals surface area (Å²) < 4.78 is 32.5. The predicted octanol–water partition coefficient (Wildman–Crippen LogP) is 5.74. The van der Waals surface area contributed by atoms with E-state index in [1.807, 2.05) is 12.1 Å². The Bertz CT molecular complexity index is 863. The lowest BCUT2D eigenvalue weighted by molar-refractivity contribution is 0.0726. The van der Waals surface area contributed by atoms with Crippen molar-refractivity contribution in [2.45, 2.75) is 44.9 Å². The van der Waals surface area contributed by atoms with Gasteiger partial charge in [-0.2, -0.15) is 9.65 Å². The van der Waals surface area contributed by atoms with Gasteiger partial charge in [0, 0.05) is 0 Å². The lowest BCUT2D eigenvalue weighted by atomic mass is 9.78. The van der Waals surface area contributed by atoms with E-state index in [2.05, 4.69) is 6.92 Å². The van der Waals surface area contributed by atoms with Gasteiger partial charge in [-0.25, -0.2) is 9.18 Å². The van der Waals surface area contributed by atoms with E-state index in [1.54, 1.807) is 12.1 Å². The fourth-order valence-electron chi connectivity index (χ4n) is 3.65. The summed E-state index contributed by atoms with van der Waals surface area (Å²) in [4.78, 5) is 12.2. The van der Waals surface area contributed by atoms with E-state index in [1.165, 1.54) is 30.9 Å². The number of rotatable bonds is 4. The van der Waals surface area contributed by atoms with Crippen LogP contribution in [0, 0.1) is 28.9 Å². The zero-order valence-corrected chi connectivity index (χ0v) is 15.2. The van der Waals surface area contributed by atoms with Crippen LogP contribution in [0.1, 0.15) is 66.4 Å². The summed E-state index contributed by atoms with van der Waals surface area (Å²) in [5.41, 5.74) is 1.02. The fraction of sp³-hybridized carbons (Fsp3) is 0.364. The van der Waals surface area contributed by atoms with Crippen molar-refractivity contribution in [1.29, 1.82) is 5.26 Å². The minimum atomic E-state index is -1.34. The van der Waals surface area contributed by atoms with E-state index in [-0.39, 0.29) is 5.56 Å². The van der Waals surface area contributed by atoms with Gasteiger partial charge in [0.25, 0.3) is 0 Å². The second-order valence-corrected chi connectivity index (χ2v) is 6.99. The molecule has 2 aromatic carbocycles. The Hall–Kier alpha value is -2.74. The molecule has 0 atom stereocenters. The maximum Gasteiger partial charge on any atom is 0.343 e. The van der Waals surface area contributed by atoms with Crippen LogP contribution >= 0.6 is 0 Å². The molecule has 0 N–H and O–H groups in total. The van der Waals surface area contributed by atoms with E-state index in [4.69, 9.17) is 10.00 Å². The van der Waals surface area contributed by atoms with E-state index >= 15 is 0 Å². The lowest BCUT2D eigenvalue weighted by Crippen LogP contribution is -2.13. The maximum absolute atomic E-state index is 13.9. The average Bonchev–Trinajstić information content (AvgIpc) is 2.72. The first-order valence-corrected chi connectivity index (χ1v) is 9.23. The monoisotopic (exact) mass is 369 g/mol. The fourth-order valence-corrected chi connectivity index (χ4v) is 3.65. The SMILES string of the molecule is CC[C@H]1CC[C@H](c2ccc(C(=O)Oc3ccc(C#N)c(F)c3F)cc2)CC1. The number of hydrogen-bond acceptors (Lipinski definition) is 3. The zero-order valence-electron chi connectivity index (χ0n) is 15.2.